The number of rotatable bonds is 3. The Morgan fingerprint density at radius 2 is 1.75 bits per heavy atom. The minimum absolute atomic E-state index is 0. The summed E-state index contributed by atoms with van der Waals surface area (Å²) in [5.41, 5.74) is 6.48. The van der Waals surface area contributed by atoms with E-state index < -0.39 is 0 Å². The molecule has 68 valence electrons. The molecule has 0 bridgehead atoms. The third kappa shape index (κ3) is 3.69. The molecule has 2 N–H and O–H groups in total. The minimum atomic E-state index is -0.179. The highest BCUT2D eigenvalue weighted by Gasteiger charge is 1.91. The molecule has 0 saturated heterocycles. The fourth-order valence-electron chi connectivity index (χ4n) is 0.957. The largest absolute Gasteiger partial charge is 0.330 e. The SMILES string of the molecule is Cl.NCCCc1ccc(F)cc1. The molecule has 1 aromatic carbocycles. The molecule has 0 amide bonds. The van der Waals surface area contributed by atoms with Crippen molar-refractivity contribution in [3.8, 4) is 0 Å². The quantitative estimate of drug-likeness (QED) is 0.775. The number of hydrogen-bond acceptors (Lipinski definition) is 1. The zero-order valence-corrected chi connectivity index (χ0v) is 7.61. The van der Waals surface area contributed by atoms with Crippen molar-refractivity contribution in [2.45, 2.75) is 12.8 Å². The Morgan fingerprint density at radius 1 is 1.17 bits per heavy atom. The first-order chi connectivity index (χ1) is 5.33. The molecule has 0 saturated carbocycles. The van der Waals surface area contributed by atoms with Crippen LogP contribution in [0.3, 0.4) is 0 Å². The van der Waals surface area contributed by atoms with Gasteiger partial charge in [-0.2, -0.15) is 0 Å². The van der Waals surface area contributed by atoms with E-state index in [1.807, 2.05) is 0 Å². The van der Waals surface area contributed by atoms with E-state index in [9.17, 15) is 4.39 Å². The van der Waals surface area contributed by atoms with Crippen LogP contribution in [-0.2, 0) is 6.42 Å². The van der Waals surface area contributed by atoms with E-state index in [0.29, 0.717) is 6.54 Å². The average molecular weight is 190 g/mol. The molecule has 0 fully saturated rings. The van der Waals surface area contributed by atoms with Crippen molar-refractivity contribution in [1.82, 2.24) is 0 Å². The summed E-state index contributed by atoms with van der Waals surface area (Å²) in [4.78, 5) is 0. The van der Waals surface area contributed by atoms with E-state index in [1.54, 1.807) is 12.1 Å². The number of nitrogens with two attached hydrogens (primary N) is 1. The highest BCUT2D eigenvalue weighted by molar-refractivity contribution is 5.85. The van der Waals surface area contributed by atoms with Crippen LogP contribution in [0.15, 0.2) is 24.3 Å². The van der Waals surface area contributed by atoms with Crippen molar-refractivity contribution in [1.29, 1.82) is 0 Å². The molecule has 0 radical (unpaired) electrons. The lowest BCUT2D eigenvalue weighted by atomic mass is 10.1. The second-order valence-electron chi connectivity index (χ2n) is 2.52. The lowest BCUT2D eigenvalue weighted by molar-refractivity contribution is 0.626. The van der Waals surface area contributed by atoms with Gasteiger partial charge in [-0.3, -0.25) is 0 Å². The van der Waals surface area contributed by atoms with Gasteiger partial charge < -0.3 is 5.73 Å². The number of hydrogen-bond donors (Lipinski definition) is 1. The predicted molar refractivity (Wildman–Crippen MR) is 51.0 cm³/mol. The van der Waals surface area contributed by atoms with Gasteiger partial charge in [-0.15, -0.1) is 12.4 Å². The third-order valence-corrected chi connectivity index (χ3v) is 1.58. The van der Waals surface area contributed by atoms with Crippen LogP contribution in [0.2, 0.25) is 0 Å². The van der Waals surface area contributed by atoms with Crippen LogP contribution in [0.25, 0.3) is 0 Å². The molecule has 0 aliphatic rings. The van der Waals surface area contributed by atoms with Crippen molar-refractivity contribution in [2.24, 2.45) is 5.73 Å². The summed E-state index contributed by atoms with van der Waals surface area (Å²) in [5, 5.41) is 0. The molecule has 0 spiro atoms. The fourth-order valence-corrected chi connectivity index (χ4v) is 0.957. The topological polar surface area (TPSA) is 26.0 Å². The maximum Gasteiger partial charge on any atom is 0.123 e. The monoisotopic (exact) mass is 189 g/mol. The summed E-state index contributed by atoms with van der Waals surface area (Å²) in [7, 11) is 0. The Balaban J connectivity index is 0.00000121. The Kier molecular flexibility index (Phi) is 5.68. The van der Waals surface area contributed by atoms with E-state index in [0.717, 1.165) is 18.4 Å². The number of benzene rings is 1. The standard InChI is InChI=1S/C9H12FN.ClH/c10-9-5-3-8(4-6-9)2-1-7-11;/h3-6H,1-2,7,11H2;1H. The molecule has 0 unspecified atom stereocenters. The maximum absolute atomic E-state index is 12.4. The van der Waals surface area contributed by atoms with Crippen LogP contribution in [0, 0.1) is 5.82 Å². The normalized spacial score (nSPS) is 9.17. The molecule has 12 heavy (non-hydrogen) atoms. The van der Waals surface area contributed by atoms with Crippen LogP contribution >= 0.6 is 12.4 Å². The number of aryl methyl sites for hydroxylation is 1. The maximum atomic E-state index is 12.4. The van der Waals surface area contributed by atoms with Gasteiger partial charge >= 0.3 is 0 Å². The molecular formula is C9H13ClFN. The van der Waals surface area contributed by atoms with Crippen LogP contribution < -0.4 is 5.73 Å². The van der Waals surface area contributed by atoms with Gasteiger partial charge in [0.15, 0.2) is 0 Å². The third-order valence-electron chi connectivity index (χ3n) is 1.58. The van der Waals surface area contributed by atoms with E-state index in [-0.39, 0.29) is 18.2 Å². The molecule has 1 nitrogen and oxygen atoms in total. The lowest BCUT2D eigenvalue weighted by Crippen LogP contribution is -2.00. The van der Waals surface area contributed by atoms with Gasteiger partial charge in [0.05, 0.1) is 0 Å². The summed E-state index contributed by atoms with van der Waals surface area (Å²) < 4.78 is 12.4. The van der Waals surface area contributed by atoms with Gasteiger partial charge in [0.25, 0.3) is 0 Å². The summed E-state index contributed by atoms with van der Waals surface area (Å²) in [6, 6.07) is 6.55. The van der Waals surface area contributed by atoms with Crippen molar-refractivity contribution < 1.29 is 4.39 Å². The van der Waals surface area contributed by atoms with E-state index in [2.05, 4.69) is 0 Å². The van der Waals surface area contributed by atoms with Gasteiger partial charge in [0, 0.05) is 0 Å². The van der Waals surface area contributed by atoms with Crippen molar-refractivity contribution in [3.63, 3.8) is 0 Å². The Hall–Kier alpha value is -0.600. The van der Waals surface area contributed by atoms with E-state index >= 15 is 0 Å². The molecule has 0 aromatic heterocycles. The van der Waals surface area contributed by atoms with Gasteiger partial charge in [0.1, 0.15) is 5.82 Å². The Labute approximate surface area is 78.2 Å². The molecule has 0 heterocycles. The van der Waals surface area contributed by atoms with E-state index in [4.69, 9.17) is 5.73 Å². The minimum Gasteiger partial charge on any atom is -0.330 e. The first-order valence-electron chi connectivity index (χ1n) is 3.77. The van der Waals surface area contributed by atoms with E-state index in [1.165, 1.54) is 12.1 Å². The van der Waals surface area contributed by atoms with Crippen LogP contribution in [0.1, 0.15) is 12.0 Å². The molecule has 0 aliphatic heterocycles. The second-order valence-corrected chi connectivity index (χ2v) is 2.52. The zero-order chi connectivity index (χ0) is 8.10. The molecular weight excluding hydrogens is 177 g/mol. The fraction of sp³-hybridized carbons (Fsp3) is 0.333. The van der Waals surface area contributed by atoms with Crippen molar-refractivity contribution >= 4 is 12.4 Å². The summed E-state index contributed by atoms with van der Waals surface area (Å²) in [6.07, 6.45) is 1.91. The van der Waals surface area contributed by atoms with Gasteiger partial charge in [0.2, 0.25) is 0 Å². The van der Waals surface area contributed by atoms with Crippen molar-refractivity contribution in [3.05, 3.63) is 35.6 Å². The smallest absolute Gasteiger partial charge is 0.123 e. The summed E-state index contributed by atoms with van der Waals surface area (Å²) in [5.74, 6) is -0.179. The first-order valence-corrected chi connectivity index (χ1v) is 3.77. The van der Waals surface area contributed by atoms with Crippen LogP contribution in [0.4, 0.5) is 4.39 Å². The van der Waals surface area contributed by atoms with Gasteiger partial charge in [-0.05, 0) is 37.1 Å². The zero-order valence-electron chi connectivity index (χ0n) is 6.79. The van der Waals surface area contributed by atoms with Gasteiger partial charge in [-0.1, -0.05) is 12.1 Å². The Bertz CT molecular complexity index is 210. The summed E-state index contributed by atoms with van der Waals surface area (Å²) in [6.45, 7) is 0.692. The Morgan fingerprint density at radius 3 is 2.25 bits per heavy atom. The molecule has 1 rings (SSSR count). The van der Waals surface area contributed by atoms with Crippen LogP contribution in [-0.4, -0.2) is 6.54 Å². The number of halogens is 2. The van der Waals surface area contributed by atoms with Gasteiger partial charge in [-0.25, -0.2) is 4.39 Å². The first kappa shape index (κ1) is 11.4. The van der Waals surface area contributed by atoms with Crippen molar-refractivity contribution in [2.75, 3.05) is 6.54 Å². The highest BCUT2D eigenvalue weighted by Crippen LogP contribution is 2.04. The molecule has 3 heteroatoms. The predicted octanol–water partition coefficient (Wildman–Crippen LogP) is 2.14. The molecule has 0 aliphatic carbocycles. The molecule has 1 aromatic rings. The average Bonchev–Trinajstić information content (AvgIpc) is 2.04. The highest BCUT2D eigenvalue weighted by atomic mass is 35.5. The second kappa shape index (κ2) is 5.98. The van der Waals surface area contributed by atoms with Crippen LogP contribution in [0.5, 0.6) is 0 Å². The summed E-state index contributed by atoms with van der Waals surface area (Å²) >= 11 is 0. The molecule has 0 atom stereocenters. The lowest BCUT2D eigenvalue weighted by Gasteiger charge is -1.97.